The molecular weight excluding hydrogens is 414 g/mol. The van der Waals surface area contributed by atoms with E-state index in [0.29, 0.717) is 3.63 Å². The van der Waals surface area contributed by atoms with Gasteiger partial charge in [-0.1, -0.05) is 6.08 Å². The van der Waals surface area contributed by atoms with Gasteiger partial charge >= 0.3 is 126 Å². The Morgan fingerprint density at radius 1 is 0.958 bits per heavy atom. The molecule has 0 nitrogen and oxygen atoms in total. The van der Waals surface area contributed by atoms with Crippen molar-refractivity contribution in [1.29, 1.82) is 0 Å². The third-order valence-corrected chi connectivity index (χ3v) is 8.00. The molecule has 2 aromatic rings. The first-order valence-corrected chi connectivity index (χ1v) is 10.4. The SMILES string of the molecule is C1=CC[C]([Zr+2][CH]2c3ccccc3-c3ccccc32)=C1.C=CC.[Cl-].[Cl-]. The Bertz CT molecular complexity index is 702. The molecule has 0 N–H and O–H groups in total. The van der Waals surface area contributed by atoms with E-state index in [-0.39, 0.29) is 24.8 Å². The van der Waals surface area contributed by atoms with Crippen LogP contribution in [0.2, 0.25) is 0 Å². The normalized spacial score (nSPS) is 13.1. The van der Waals surface area contributed by atoms with Crippen LogP contribution in [-0.2, 0) is 23.2 Å². The number of hydrogen-bond acceptors (Lipinski definition) is 0. The smallest absolute Gasteiger partial charge is 0.0473 e. The van der Waals surface area contributed by atoms with Gasteiger partial charge in [0.2, 0.25) is 0 Å². The number of halogens is 2. The van der Waals surface area contributed by atoms with Gasteiger partial charge in [-0.15, -0.1) is 6.58 Å². The Balaban J connectivity index is 0.000000539. The fourth-order valence-electron chi connectivity index (χ4n) is 3.05. The maximum Gasteiger partial charge on any atom is -0.0473 e. The zero-order valence-corrected chi connectivity index (χ0v) is 17.6. The maximum absolute atomic E-state index is 3.36. The molecule has 0 aliphatic heterocycles. The van der Waals surface area contributed by atoms with Crippen LogP contribution in [0.15, 0.2) is 82.7 Å². The number of hydrogen-bond donors (Lipinski definition) is 0. The standard InChI is InChI=1S/C13H9.C5H5.C3H6.2ClH.Zr/c1-3-7-12-10(5-1)9-11-6-2-4-8-13(11)12;1-2-4-5-3-1;1-3-2;;;/h1-9H;1-3H,4H2;3H,1H2,2H3;2*1H;/q;;;;;+2/p-2. The van der Waals surface area contributed by atoms with Gasteiger partial charge in [-0.3, -0.25) is 0 Å². The van der Waals surface area contributed by atoms with Crippen molar-refractivity contribution in [2.24, 2.45) is 0 Å². The molecular formula is C21H20Cl2Zr. The van der Waals surface area contributed by atoms with E-state index in [0.717, 1.165) is 0 Å². The number of allylic oxidation sites excluding steroid dienone is 5. The van der Waals surface area contributed by atoms with E-state index in [9.17, 15) is 0 Å². The van der Waals surface area contributed by atoms with E-state index in [1.165, 1.54) is 17.5 Å². The van der Waals surface area contributed by atoms with E-state index in [4.69, 9.17) is 0 Å². The minimum Gasteiger partial charge on any atom is -1.00 e. The molecule has 122 valence electrons. The zero-order valence-electron chi connectivity index (χ0n) is 13.7. The molecule has 24 heavy (non-hydrogen) atoms. The molecule has 0 radical (unpaired) electrons. The van der Waals surface area contributed by atoms with Gasteiger partial charge in [-0.05, 0) is 6.92 Å². The van der Waals surface area contributed by atoms with Crippen LogP contribution in [0, 0.1) is 0 Å². The van der Waals surface area contributed by atoms with E-state index in [1.807, 2.05) is 6.92 Å². The summed E-state index contributed by atoms with van der Waals surface area (Å²) in [5.41, 5.74) is 6.08. The predicted molar refractivity (Wildman–Crippen MR) is 91.4 cm³/mol. The monoisotopic (exact) mass is 432 g/mol. The van der Waals surface area contributed by atoms with Crippen molar-refractivity contribution in [3.63, 3.8) is 0 Å². The molecule has 2 aliphatic carbocycles. The molecule has 0 saturated carbocycles. The fraction of sp³-hybridized carbons (Fsp3) is 0.143. The second-order valence-corrected chi connectivity index (χ2v) is 9.19. The molecule has 2 aliphatic rings. The summed E-state index contributed by atoms with van der Waals surface area (Å²) in [5.74, 6) is 0. The molecule has 0 spiro atoms. The van der Waals surface area contributed by atoms with Crippen molar-refractivity contribution in [3.05, 3.63) is 93.8 Å². The Kier molecular flexibility index (Phi) is 8.99. The summed E-state index contributed by atoms with van der Waals surface area (Å²) in [6.45, 7) is 5.25. The maximum atomic E-state index is 3.36. The van der Waals surface area contributed by atoms with E-state index in [1.54, 1.807) is 20.5 Å². The number of fused-ring (bicyclic) bond motifs is 3. The Labute approximate surface area is 169 Å². The minimum absolute atomic E-state index is 0. The molecule has 0 atom stereocenters. The van der Waals surface area contributed by atoms with Gasteiger partial charge in [-0.2, -0.15) is 0 Å². The Hall–Kier alpha value is -0.877. The van der Waals surface area contributed by atoms with Crippen molar-refractivity contribution in [2.75, 3.05) is 0 Å². The Morgan fingerprint density at radius 3 is 1.92 bits per heavy atom. The summed E-state index contributed by atoms with van der Waals surface area (Å²) in [7, 11) is 0. The summed E-state index contributed by atoms with van der Waals surface area (Å²) >= 11 is -0.570. The average Bonchev–Trinajstić information content (AvgIpc) is 3.16. The fourth-order valence-corrected chi connectivity index (χ4v) is 7.02. The van der Waals surface area contributed by atoms with E-state index >= 15 is 0 Å². The summed E-state index contributed by atoms with van der Waals surface area (Å²) in [6, 6.07) is 18.0. The van der Waals surface area contributed by atoms with Crippen LogP contribution in [0.3, 0.4) is 0 Å². The van der Waals surface area contributed by atoms with E-state index in [2.05, 4.69) is 73.3 Å². The molecule has 2 aromatic carbocycles. The second-order valence-electron chi connectivity index (χ2n) is 5.48. The van der Waals surface area contributed by atoms with Crippen molar-refractivity contribution in [2.45, 2.75) is 17.0 Å². The largest absolute Gasteiger partial charge is 1.00 e. The topological polar surface area (TPSA) is 0 Å². The second kappa shape index (κ2) is 10.2. The van der Waals surface area contributed by atoms with Crippen molar-refractivity contribution < 1.29 is 48.0 Å². The van der Waals surface area contributed by atoms with E-state index < -0.39 is 23.2 Å². The third kappa shape index (κ3) is 4.39. The summed E-state index contributed by atoms with van der Waals surface area (Å²) in [5, 5.41) is 0. The molecule has 0 saturated heterocycles. The molecule has 0 bridgehead atoms. The summed E-state index contributed by atoms with van der Waals surface area (Å²) < 4.78 is 2.43. The zero-order chi connectivity index (χ0) is 15.4. The van der Waals surface area contributed by atoms with Gasteiger partial charge in [0.1, 0.15) is 0 Å². The van der Waals surface area contributed by atoms with Crippen molar-refractivity contribution in [3.8, 4) is 11.1 Å². The van der Waals surface area contributed by atoms with Crippen LogP contribution in [0.5, 0.6) is 0 Å². The van der Waals surface area contributed by atoms with Gasteiger partial charge in [0.15, 0.2) is 0 Å². The summed E-state index contributed by atoms with van der Waals surface area (Å²) in [6.07, 6.45) is 9.83. The van der Waals surface area contributed by atoms with Crippen LogP contribution in [0.4, 0.5) is 0 Å². The Morgan fingerprint density at radius 2 is 1.46 bits per heavy atom. The number of rotatable bonds is 2. The molecule has 4 rings (SSSR count). The van der Waals surface area contributed by atoms with Gasteiger partial charge in [0.05, 0.1) is 0 Å². The van der Waals surface area contributed by atoms with Gasteiger partial charge < -0.3 is 24.8 Å². The quantitative estimate of drug-likeness (QED) is 0.579. The van der Waals surface area contributed by atoms with Gasteiger partial charge in [0.25, 0.3) is 0 Å². The van der Waals surface area contributed by atoms with Crippen LogP contribution in [-0.4, -0.2) is 0 Å². The average molecular weight is 435 g/mol. The first-order valence-electron chi connectivity index (χ1n) is 7.72. The summed E-state index contributed by atoms with van der Waals surface area (Å²) in [4.78, 5) is 0. The molecule has 0 heterocycles. The predicted octanol–water partition coefficient (Wildman–Crippen LogP) is -0.117. The first-order chi connectivity index (χ1) is 10.8. The minimum atomic E-state index is -0.570. The first kappa shape index (κ1) is 21.2. The third-order valence-electron chi connectivity index (χ3n) is 3.93. The van der Waals surface area contributed by atoms with Crippen LogP contribution in [0.25, 0.3) is 11.1 Å². The molecule has 0 fully saturated rings. The van der Waals surface area contributed by atoms with Gasteiger partial charge in [0, 0.05) is 0 Å². The van der Waals surface area contributed by atoms with Crippen molar-refractivity contribution >= 4 is 0 Å². The van der Waals surface area contributed by atoms with Gasteiger partial charge in [-0.25, -0.2) is 0 Å². The van der Waals surface area contributed by atoms with Crippen LogP contribution >= 0.6 is 0 Å². The molecule has 0 unspecified atom stereocenters. The van der Waals surface area contributed by atoms with Crippen LogP contribution < -0.4 is 24.8 Å². The van der Waals surface area contributed by atoms with Crippen LogP contribution in [0.1, 0.15) is 28.1 Å². The molecule has 0 amide bonds. The van der Waals surface area contributed by atoms with Crippen molar-refractivity contribution in [1.82, 2.24) is 0 Å². The number of benzene rings is 2. The molecule has 3 heteroatoms. The molecule has 0 aromatic heterocycles.